The van der Waals surface area contributed by atoms with Gasteiger partial charge in [0.25, 0.3) is 0 Å². The second kappa shape index (κ2) is 5.15. The molecule has 100 valence electrons. The largest absolute Gasteiger partial charge is 0.394 e. The van der Waals surface area contributed by atoms with E-state index in [4.69, 9.17) is 14.6 Å². The van der Waals surface area contributed by atoms with Crippen molar-refractivity contribution in [3.8, 4) is 0 Å². The second-order valence-electron chi connectivity index (χ2n) is 4.52. The molecular weight excluding hydrogens is 230 g/mol. The lowest BCUT2D eigenvalue weighted by Crippen LogP contribution is -2.69. The van der Waals surface area contributed by atoms with Crippen molar-refractivity contribution in [3.05, 3.63) is 0 Å². The van der Waals surface area contributed by atoms with Gasteiger partial charge >= 0.3 is 0 Å². The molecule has 2 heterocycles. The summed E-state index contributed by atoms with van der Waals surface area (Å²) in [5, 5.41) is 41.5. The molecule has 2 aliphatic heterocycles. The van der Waals surface area contributed by atoms with Crippen molar-refractivity contribution in [2.75, 3.05) is 20.3 Å². The highest BCUT2D eigenvalue weighted by Gasteiger charge is 2.51. The fourth-order valence-electron chi connectivity index (χ4n) is 2.60. The zero-order valence-corrected chi connectivity index (χ0v) is 9.56. The Hall–Kier alpha value is -0.280. The van der Waals surface area contributed by atoms with E-state index in [-0.39, 0.29) is 13.2 Å². The molecule has 17 heavy (non-hydrogen) atoms. The molecule has 2 saturated heterocycles. The van der Waals surface area contributed by atoms with Crippen LogP contribution in [0.2, 0.25) is 0 Å². The predicted octanol–water partition coefficient (Wildman–Crippen LogP) is -2.98. The summed E-state index contributed by atoms with van der Waals surface area (Å²) in [6, 6.07) is -0.468. The number of hydrogen-bond acceptors (Lipinski definition) is 7. The van der Waals surface area contributed by atoms with Crippen molar-refractivity contribution < 1.29 is 29.9 Å². The molecule has 0 bridgehead atoms. The molecule has 0 radical (unpaired) electrons. The van der Waals surface area contributed by atoms with Gasteiger partial charge in [-0.05, 0) is 0 Å². The Morgan fingerprint density at radius 3 is 2.59 bits per heavy atom. The van der Waals surface area contributed by atoms with E-state index >= 15 is 0 Å². The lowest BCUT2D eigenvalue weighted by molar-refractivity contribution is -0.283. The third kappa shape index (κ3) is 2.19. The molecule has 0 saturated carbocycles. The van der Waals surface area contributed by atoms with Crippen LogP contribution in [0.4, 0.5) is 0 Å². The normalized spacial score (nSPS) is 51.0. The number of β-amino-alcohol motifs (C(OH)–C–C–N with tert-alkyl or cyclic N) is 1. The first kappa shape index (κ1) is 13.2. The zero-order chi connectivity index (χ0) is 12.6. The predicted molar refractivity (Wildman–Crippen MR) is 56.1 cm³/mol. The van der Waals surface area contributed by atoms with Gasteiger partial charge in [-0.15, -0.1) is 0 Å². The van der Waals surface area contributed by atoms with Gasteiger partial charge in [0.15, 0.2) is 6.29 Å². The maximum atomic E-state index is 9.99. The van der Waals surface area contributed by atoms with Crippen LogP contribution < -0.4 is 5.32 Å². The molecule has 2 fully saturated rings. The van der Waals surface area contributed by atoms with E-state index in [1.54, 1.807) is 0 Å². The number of hydrogen-bond donors (Lipinski definition) is 5. The fraction of sp³-hybridized carbons (Fsp3) is 1.00. The smallest absolute Gasteiger partial charge is 0.164 e. The number of aliphatic hydroxyl groups is 4. The molecule has 2 rings (SSSR count). The average Bonchev–Trinajstić information content (AvgIpc) is 2.34. The molecule has 7 heteroatoms. The van der Waals surface area contributed by atoms with E-state index < -0.39 is 42.7 Å². The van der Waals surface area contributed by atoms with Gasteiger partial charge in [0.2, 0.25) is 0 Å². The molecule has 2 aliphatic rings. The molecule has 7 nitrogen and oxygen atoms in total. The summed E-state index contributed by atoms with van der Waals surface area (Å²) in [5.74, 6) is -0.568. The quantitative estimate of drug-likeness (QED) is 0.355. The van der Waals surface area contributed by atoms with Gasteiger partial charge in [0.1, 0.15) is 6.10 Å². The van der Waals surface area contributed by atoms with E-state index in [0.29, 0.717) is 0 Å². The number of piperidine rings is 1. The molecule has 0 spiro atoms. The third-order valence-corrected chi connectivity index (χ3v) is 3.55. The maximum absolute atomic E-state index is 9.99. The Labute approximate surface area is 99.0 Å². The van der Waals surface area contributed by atoms with Crippen LogP contribution in [-0.2, 0) is 9.47 Å². The third-order valence-electron chi connectivity index (χ3n) is 3.55. The van der Waals surface area contributed by atoms with Crippen LogP contribution in [-0.4, -0.2) is 77.4 Å². The molecule has 0 aromatic heterocycles. The molecule has 0 unspecified atom stereocenters. The van der Waals surface area contributed by atoms with Crippen molar-refractivity contribution in [2.45, 2.75) is 36.7 Å². The van der Waals surface area contributed by atoms with Gasteiger partial charge in [-0.25, -0.2) is 0 Å². The lowest BCUT2D eigenvalue weighted by atomic mass is 9.79. The molecular formula is C10H19NO6. The minimum Gasteiger partial charge on any atom is -0.394 e. The maximum Gasteiger partial charge on any atom is 0.164 e. The van der Waals surface area contributed by atoms with Crippen molar-refractivity contribution in [3.63, 3.8) is 0 Å². The molecule has 0 aromatic carbocycles. The van der Waals surface area contributed by atoms with Crippen LogP contribution in [0, 0.1) is 5.92 Å². The average molecular weight is 249 g/mol. The van der Waals surface area contributed by atoms with Crippen molar-refractivity contribution >= 4 is 0 Å². The van der Waals surface area contributed by atoms with Gasteiger partial charge in [-0.1, -0.05) is 0 Å². The highest BCUT2D eigenvalue weighted by Crippen LogP contribution is 2.32. The number of nitrogens with one attached hydrogen (secondary N) is 1. The Morgan fingerprint density at radius 1 is 1.29 bits per heavy atom. The summed E-state index contributed by atoms with van der Waals surface area (Å²) in [5.41, 5.74) is 0. The first-order valence-corrected chi connectivity index (χ1v) is 5.66. The van der Waals surface area contributed by atoms with Gasteiger partial charge in [0, 0.05) is 19.7 Å². The standard InChI is InChI=1S/C10H19NO6/c1-16-10-6-7(9(15)5(3-12)17-10)11-2-4(13)8(6)14/h4-15H,2-3H2,1H3/t4-,5-,6-,7-,8-,9-,10-/m1/s1. The van der Waals surface area contributed by atoms with Crippen LogP contribution in [0.5, 0.6) is 0 Å². The number of rotatable bonds is 2. The molecule has 5 N–H and O–H groups in total. The van der Waals surface area contributed by atoms with Crippen molar-refractivity contribution in [2.24, 2.45) is 5.92 Å². The van der Waals surface area contributed by atoms with Gasteiger partial charge in [0.05, 0.1) is 30.8 Å². The lowest BCUT2D eigenvalue weighted by Gasteiger charge is -2.49. The molecule has 0 aromatic rings. The highest BCUT2D eigenvalue weighted by molar-refractivity contribution is 5.01. The first-order chi connectivity index (χ1) is 8.10. The first-order valence-electron chi connectivity index (χ1n) is 5.66. The molecule has 0 amide bonds. The van der Waals surface area contributed by atoms with Crippen LogP contribution in [0.3, 0.4) is 0 Å². The van der Waals surface area contributed by atoms with Crippen molar-refractivity contribution in [1.82, 2.24) is 5.32 Å². The molecule has 7 atom stereocenters. The number of ether oxygens (including phenoxy) is 2. The summed E-state index contributed by atoms with van der Waals surface area (Å²) < 4.78 is 10.5. The molecule has 0 aliphatic carbocycles. The Bertz CT molecular complexity index is 265. The summed E-state index contributed by atoms with van der Waals surface area (Å²) >= 11 is 0. The number of fused-ring (bicyclic) bond motifs is 1. The monoisotopic (exact) mass is 249 g/mol. The van der Waals surface area contributed by atoms with E-state index in [0.717, 1.165) is 0 Å². The van der Waals surface area contributed by atoms with Crippen LogP contribution >= 0.6 is 0 Å². The summed E-state index contributed by atoms with van der Waals surface area (Å²) in [4.78, 5) is 0. The number of methoxy groups -OCH3 is 1. The van der Waals surface area contributed by atoms with Crippen molar-refractivity contribution in [1.29, 1.82) is 0 Å². The SMILES string of the molecule is CO[C@@H]1O[C@H](CO)[C@@H](O)[C@@H]2NC[C@@H](O)[C@@H](O)[C@H]12. The van der Waals surface area contributed by atoms with E-state index in [2.05, 4.69) is 5.32 Å². The minimum atomic E-state index is -1.03. The second-order valence-corrected chi connectivity index (χ2v) is 4.52. The van der Waals surface area contributed by atoms with Crippen LogP contribution in [0.25, 0.3) is 0 Å². The minimum absolute atomic E-state index is 0.188. The highest BCUT2D eigenvalue weighted by atomic mass is 16.7. The number of aliphatic hydroxyl groups excluding tert-OH is 4. The Kier molecular flexibility index (Phi) is 3.99. The van der Waals surface area contributed by atoms with Crippen LogP contribution in [0.15, 0.2) is 0 Å². The Morgan fingerprint density at radius 2 is 2.00 bits per heavy atom. The van der Waals surface area contributed by atoms with Gasteiger partial charge in [-0.3, -0.25) is 0 Å². The van der Waals surface area contributed by atoms with Gasteiger partial charge < -0.3 is 35.2 Å². The Balaban J connectivity index is 2.20. The van der Waals surface area contributed by atoms with Gasteiger partial charge in [-0.2, -0.15) is 0 Å². The fourth-order valence-corrected chi connectivity index (χ4v) is 2.60. The summed E-state index contributed by atoms with van der Waals surface area (Å²) in [7, 11) is 1.42. The van der Waals surface area contributed by atoms with E-state index in [1.165, 1.54) is 7.11 Å². The van der Waals surface area contributed by atoms with E-state index in [9.17, 15) is 15.3 Å². The zero-order valence-electron chi connectivity index (χ0n) is 9.56. The van der Waals surface area contributed by atoms with Crippen LogP contribution in [0.1, 0.15) is 0 Å². The van der Waals surface area contributed by atoms with E-state index in [1.807, 2.05) is 0 Å². The summed E-state index contributed by atoms with van der Waals surface area (Å²) in [6.07, 6.45) is -4.41. The summed E-state index contributed by atoms with van der Waals surface area (Å²) in [6.45, 7) is -0.140. The topological polar surface area (TPSA) is 111 Å².